The van der Waals surface area contributed by atoms with Crippen molar-refractivity contribution in [3.63, 3.8) is 0 Å². The SMILES string of the molecule is Nc1cc(C(=O)c2noc3ccccc23)ccn1. The molecule has 0 unspecified atom stereocenters. The number of benzene rings is 1. The van der Waals surface area contributed by atoms with Crippen LogP contribution in [0.4, 0.5) is 5.82 Å². The third-order valence-corrected chi connectivity index (χ3v) is 2.64. The zero-order chi connectivity index (χ0) is 12.5. The number of ketones is 1. The first-order valence-electron chi connectivity index (χ1n) is 5.36. The summed E-state index contributed by atoms with van der Waals surface area (Å²) in [6.07, 6.45) is 1.49. The number of anilines is 1. The van der Waals surface area contributed by atoms with E-state index in [1.54, 1.807) is 18.2 Å². The van der Waals surface area contributed by atoms with Gasteiger partial charge in [0, 0.05) is 11.8 Å². The molecule has 0 spiro atoms. The lowest BCUT2D eigenvalue weighted by Crippen LogP contribution is -2.03. The molecule has 0 saturated carbocycles. The van der Waals surface area contributed by atoms with Gasteiger partial charge >= 0.3 is 0 Å². The predicted octanol–water partition coefficient (Wildman–Crippen LogP) is 2.04. The number of carbonyl (C=O) groups excluding carboxylic acids is 1. The highest BCUT2D eigenvalue weighted by molar-refractivity contribution is 6.14. The molecular weight excluding hydrogens is 230 g/mol. The first kappa shape index (κ1) is 10.5. The minimum atomic E-state index is -0.228. The zero-order valence-electron chi connectivity index (χ0n) is 9.33. The summed E-state index contributed by atoms with van der Waals surface area (Å²) in [5, 5.41) is 4.51. The highest BCUT2D eigenvalue weighted by Gasteiger charge is 2.17. The van der Waals surface area contributed by atoms with Crippen molar-refractivity contribution in [2.24, 2.45) is 0 Å². The summed E-state index contributed by atoms with van der Waals surface area (Å²) in [5.41, 5.74) is 6.88. The second-order valence-electron chi connectivity index (χ2n) is 3.83. The molecule has 0 aliphatic carbocycles. The summed E-state index contributed by atoms with van der Waals surface area (Å²) in [4.78, 5) is 16.1. The van der Waals surface area contributed by atoms with E-state index in [4.69, 9.17) is 10.3 Å². The minimum Gasteiger partial charge on any atom is -0.384 e. The molecule has 0 aliphatic rings. The van der Waals surface area contributed by atoms with Crippen molar-refractivity contribution in [1.82, 2.24) is 10.1 Å². The van der Waals surface area contributed by atoms with Crippen LogP contribution < -0.4 is 5.73 Å². The van der Waals surface area contributed by atoms with E-state index in [0.717, 1.165) is 0 Å². The lowest BCUT2D eigenvalue weighted by molar-refractivity contribution is 0.103. The van der Waals surface area contributed by atoms with Crippen molar-refractivity contribution >= 4 is 22.6 Å². The maximum Gasteiger partial charge on any atom is 0.215 e. The predicted molar refractivity (Wildman–Crippen MR) is 66.1 cm³/mol. The Kier molecular flexibility index (Phi) is 2.30. The molecule has 18 heavy (non-hydrogen) atoms. The lowest BCUT2D eigenvalue weighted by atomic mass is 10.1. The van der Waals surface area contributed by atoms with Gasteiger partial charge in [-0.25, -0.2) is 4.98 Å². The first-order chi connectivity index (χ1) is 8.75. The summed E-state index contributed by atoms with van der Waals surface area (Å²) in [5.74, 6) is 0.0719. The minimum absolute atomic E-state index is 0.228. The van der Waals surface area contributed by atoms with Crippen LogP contribution in [-0.2, 0) is 0 Å². The molecule has 3 rings (SSSR count). The Morgan fingerprint density at radius 3 is 2.89 bits per heavy atom. The van der Waals surface area contributed by atoms with Crippen LogP contribution in [0.3, 0.4) is 0 Å². The van der Waals surface area contributed by atoms with Crippen LogP contribution in [0.15, 0.2) is 47.1 Å². The van der Waals surface area contributed by atoms with Gasteiger partial charge in [-0.2, -0.15) is 0 Å². The fraction of sp³-hybridized carbons (Fsp3) is 0. The molecule has 5 heteroatoms. The monoisotopic (exact) mass is 239 g/mol. The van der Waals surface area contributed by atoms with Gasteiger partial charge in [-0.1, -0.05) is 17.3 Å². The van der Waals surface area contributed by atoms with Gasteiger partial charge in [-0.05, 0) is 24.3 Å². The van der Waals surface area contributed by atoms with E-state index in [1.165, 1.54) is 12.3 Å². The summed E-state index contributed by atoms with van der Waals surface area (Å²) < 4.78 is 5.10. The third-order valence-electron chi connectivity index (χ3n) is 2.64. The number of fused-ring (bicyclic) bond motifs is 1. The molecule has 0 saturated heterocycles. The molecule has 0 aliphatic heterocycles. The smallest absolute Gasteiger partial charge is 0.215 e. The van der Waals surface area contributed by atoms with Gasteiger partial charge in [0.25, 0.3) is 0 Å². The van der Waals surface area contributed by atoms with E-state index in [2.05, 4.69) is 10.1 Å². The van der Waals surface area contributed by atoms with Gasteiger partial charge in [0.2, 0.25) is 5.78 Å². The molecule has 0 atom stereocenters. The van der Waals surface area contributed by atoms with E-state index in [9.17, 15) is 4.79 Å². The Labute approximate surface area is 102 Å². The second-order valence-corrected chi connectivity index (χ2v) is 3.83. The Morgan fingerprint density at radius 1 is 1.22 bits per heavy atom. The fourth-order valence-electron chi connectivity index (χ4n) is 1.78. The van der Waals surface area contributed by atoms with Crippen LogP contribution in [0.2, 0.25) is 0 Å². The van der Waals surface area contributed by atoms with Crippen molar-refractivity contribution < 1.29 is 9.32 Å². The molecule has 0 fully saturated rings. The average molecular weight is 239 g/mol. The Hall–Kier alpha value is -2.69. The Morgan fingerprint density at radius 2 is 2.06 bits per heavy atom. The van der Waals surface area contributed by atoms with Crippen LogP contribution >= 0.6 is 0 Å². The molecule has 0 amide bonds. The molecule has 2 aromatic heterocycles. The number of hydrogen-bond acceptors (Lipinski definition) is 5. The number of nitrogen functional groups attached to an aromatic ring is 1. The number of nitrogens with two attached hydrogens (primary N) is 1. The molecule has 1 aromatic carbocycles. The van der Waals surface area contributed by atoms with Crippen LogP contribution in [0.1, 0.15) is 16.1 Å². The summed E-state index contributed by atoms with van der Waals surface area (Å²) in [7, 11) is 0. The van der Waals surface area contributed by atoms with E-state index < -0.39 is 0 Å². The molecule has 0 bridgehead atoms. The van der Waals surface area contributed by atoms with E-state index in [-0.39, 0.29) is 11.5 Å². The Balaban J connectivity index is 2.12. The largest absolute Gasteiger partial charge is 0.384 e. The second kappa shape index (κ2) is 3.96. The number of para-hydroxylation sites is 1. The highest BCUT2D eigenvalue weighted by Crippen LogP contribution is 2.20. The Bertz CT molecular complexity index is 734. The topological polar surface area (TPSA) is 82.0 Å². The number of hydrogen-bond donors (Lipinski definition) is 1. The number of aromatic nitrogens is 2. The van der Waals surface area contributed by atoms with Crippen LogP contribution in [0.25, 0.3) is 11.0 Å². The molecule has 0 radical (unpaired) electrons. The molecule has 88 valence electrons. The molecule has 2 heterocycles. The summed E-state index contributed by atoms with van der Waals surface area (Å²) in [6, 6.07) is 10.3. The van der Waals surface area contributed by atoms with Crippen molar-refractivity contribution in [2.75, 3.05) is 5.73 Å². The standard InChI is InChI=1S/C13H9N3O2/c14-11-7-8(5-6-15-11)13(17)12-9-3-1-2-4-10(9)18-16-12/h1-7H,(H2,14,15). The molecule has 2 N–H and O–H groups in total. The van der Waals surface area contributed by atoms with Gasteiger partial charge in [-0.3, -0.25) is 4.79 Å². The van der Waals surface area contributed by atoms with Crippen molar-refractivity contribution in [1.29, 1.82) is 0 Å². The van der Waals surface area contributed by atoms with Crippen molar-refractivity contribution in [2.45, 2.75) is 0 Å². The molecule has 3 aromatic rings. The summed E-state index contributed by atoms with van der Waals surface area (Å²) in [6.45, 7) is 0. The van der Waals surface area contributed by atoms with E-state index in [0.29, 0.717) is 22.4 Å². The quantitative estimate of drug-likeness (QED) is 0.692. The zero-order valence-corrected chi connectivity index (χ0v) is 9.33. The van der Waals surface area contributed by atoms with Crippen LogP contribution in [0, 0.1) is 0 Å². The van der Waals surface area contributed by atoms with Gasteiger partial charge in [0.05, 0.1) is 5.39 Å². The fourth-order valence-corrected chi connectivity index (χ4v) is 1.78. The van der Waals surface area contributed by atoms with Crippen molar-refractivity contribution in [3.05, 3.63) is 53.9 Å². The van der Waals surface area contributed by atoms with Gasteiger partial charge < -0.3 is 10.3 Å². The molecule has 5 nitrogen and oxygen atoms in total. The molecular formula is C13H9N3O2. The number of pyridine rings is 1. The number of nitrogens with zero attached hydrogens (tertiary/aromatic N) is 2. The number of carbonyl (C=O) groups is 1. The van der Waals surface area contributed by atoms with Gasteiger partial charge in [-0.15, -0.1) is 0 Å². The number of rotatable bonds is 2. The van der Waals surface area contributed by atoms with Crippen LogP contribution in [0.5, 0.6) is 0 Å². The highest BCUT2D eigenvalue weighted by atomic mass is 16.5. The summed E-state index contributed by atoms with van der Waals surface area (Å²) >= 11 is 0. The van der Waals surface area contributed by atoms with E-state index >= 15 is 0 Å². The first-order valence-corrected chi connectivity index (χ1v) is 5.36. The van der Waals surface area contributed by atoms with Gasteiger partial charge in [0.15, 0.2) is 11.3 Å². The van der Waals surface area contributed by atoms with Crippen molar-refractivity contribution in [3.8, 4) is 0 Å². The third kappa shape index (κ3) is 1.62. The normalized spacial score (nSPS) is 10.7. The van der Waals surface area contributed by atoms with E-state index in [1.807, 2.05) is 12.1 Å². The maximum atomic E-state index is 12.3. The van der Waals surface area contributed by atoms with Gasteiger partial charge in [0.1, 0.15) is 5.82 Å². The average Bonchev–Trinajstić information content (AvgIpc) is 2.82. The maximum absolute atomic E-state index is 12.3. The van der Waals surface area contributed by atoms with Crippen LogP contribution in [-0.4, -0.2) is 15.9 Å². The lowest BCUT2D eigenvalue weighted by Gasteiger charge is -1.98.